The Morgan fingerprint density at radius 1 is 1.05 bits per heavy atom. The molecule has 2 N–H and O–H groups in total. The highest BCUT2D eigenvalue weighted by molar-refractivity contribution is 5.92. The first-order chi connectivity index (χ1) is 9.99. The minimum atomic E-state index is -0.430. The Hall–Kier alpha value is -2.11. The number of rotatable bonds is 4. The molecule has 118 valence electrons. The van der Waals surface area contributed by atoms with Crippen molar-refractivity contribution in [1.82, 2.24) is 0 Å². The summed E-state index contributed by atoms with van der Waals surface area (Å²) in [7, 11) is 0. The maximum Gasteiger partial charge on any atom is 0.308 e. The highest BCUT2D eigenvalue weighted by atomic mass is 35.5. The van der Waals surface area contributed by atoms with E-state index >= 15 is 0 Å². The van der Waals surface area contributed by atoms with Crippen LogP contribution in [0.1, 0.15) is 19.4 Å². The van der Waals surface area contributed by atoms with Gasteiger partial charge in [-0.2, -0.15) is 0 Å². The lowest BCUT2D eigenvalue weighted by atomic mass is 10.0. The molecule has 0 unspecified atom stereocenters. The van der Waals surface area contributed by atoms with Gasteiger partial charge in [0.05, 0.1) is 0 Å². The zero-order valence-electron chi connectivity index (χ0n) is 12.4. The zero-order valence-corrected chi connectivity index (χ0v) is 13.2. The van der Waals surface area contributed by atoms with Gasteiger partial charge in [0.25, 0.3) is 0 Å². The van der Waals surface area contributed by atoms with Gasteiger partial charge in [0.15, 0.2) is 0 Å². The molecule has 0 aromatic heterocycles. The lowest BCUT2D eigenvalue weighted by molar-refractivity contribution is -0.132. The molecule has 0 fully saturated rings. The van der Waals surface area contributed by atoms with Gasteiger partial charge in [0.2, 0.25) is 0 Å². The van der Waals surface area contributed by atoms with Crippen molar-refractivity contribution in [2.45, 2.75) is 20.3 Å². The smallest absolute Gasteiger partial charge is 0.308 e. The molecule has 0 spiro atoms. The highest BCUT2D eigenvalue weighted by Crippen LogP contribution is 2.32. The highest BCUT2D eigenvalue weighted by Gasteiger charge is 2.10. The van der Waals surface area contributed by atoms with Gasteiger partial charge < -0.3 is 15.2 Å². The van der Waals surface area contributed by atoms with Crippen molar-refractivity contribution < 1.29 is 19.1 Å². The Morgan fingerprint density at radius 3 is 2.32 bits per heavy atom. The lowest BCUT2D eigenvalue weighted by Crippen LogP contribution is -2.05. The average Bonchev–Trinajstić information content (AvgIpc) is 2.38. The van der Waals surface area contributed by atoms with Gasteiger partial charge in [0.1, 0.15) is 11.5 Å². The van der Waals surface area contributed by atoms with E-state index in [9.17, 15) is 9.59 Å². The van der Waals surface area contributed by atoms with Crippen LogP contribution in [0, 0.1) is 0 Å². The Balaban J connectivity index is 0.00000242. The van der Waals surface area contributed by atoms with Crippen LogP contribution in [0.4, 0.5) is 0 Å². The molecular weight excluding hydrogens is 306 g/mol. The predicted molar refractivity (Wildman–Crippen MR) is 86.6 cm³/mol. The first kappa shape index (κ1) is 17.9. The molecule has 2 aromatic carbocycles. The summed E-state index contributed by atoms with van der Waals surface area (Å²) in [6.07, 6.45) is 0.737. The van der Waals surface area contributed by atoms with Crippen LogP contribution in [0.3, 0.4) is 0 Å². The summed E-state index contributed by atoms with van der Waals surface area (Å²) < 4.78 is 10.3. The third-order valence-corrected chi connectivity index (χ3v) is 2.90. The summed E-state index contributed by atoms with van der Waals surface area (Å²) in [5, 5.41) is 1.61. The summed E-state index contributed by atoms with van der Waals surface area (Å²) in [6, 6.07) is 9.04. The van der Waals surface area contributed by atoms with Crippen LogP contribution in [-0.2, 0) is 16.0 Å². The van der Waals surface area contributed by atoms with E-state index in [1.807, 2.05) is 18.2 Å². The fraction of sp³-hybridized carbons (Fsp3) is 0.250. The number of carbonyl (C=O) groups is 2. The number of fused-ring (bicyclic) bond motifs is 1. The van der Waals surface area contributed by atoms with Crippen molar-refractivity contribution >= 4 is 35.1 Å². The topological polar surface area (TPSA) is 78.6 Å². The number of halogens is 1. The van der Waals surface area contributed by atoms with E-state index in [2.05, 4.69) is 0 Å². The number of benzene rings is 2. The van der Waals surface area contributed by atoms with Gasteiger partial charge >= 0.3 is 11.9 Å². The molecule has 0 radical (unpaired) electrons. The molecule has 0 aliphatic carbocycles. The molecule has 5 nitrogen and oxygen atoms in total. The molecule has 0 aliphatic rings. The molecule has 6 heteroatoms. The molecule has 2 aromatic rings. The van der Waals surface area contributed by atoms with E-state index < -0.39 is 11.9 Å². The third-order valence-electron chi connectivity index (χ3n) is 2.90. The minimum absolute atomic E-state index is 0. The second-order valence-corrected chi connectivity index (χ2v) is 4.70. The average molecular weight is 324 g/mol. The summed E-state index contributed by atoms with van der Waals surface area (Å²) >= 11 is 0. The number of nitrogens with two attached hydrogens (primary N) is 1. The number of carbonyl (C=O) groups excluding carboxylic acids is 2. The summed E-state index contributed by atoms with van der Waals surface area (Å²) in [4.78, 5) is 22.3. The van der Waals surface area contributed by atoms with Gasteiger partial charge in [-0.25, -0.2) is 0 Å². The largest absolute Gasteiger partial charge is 0.427 e. The van der Waals surface area contributed by atoms with Crippen LogP contribution < -0.4 is 15.2 Å². The van der Waals surface area contributed by atoms with E-state index in [0.29, 0.717) is 18.0 Å². The number of hydrogen-bond acceptors (Lipinski definition) is 5. The van der Waals surface area contributed by atoms with Crippen LogP contribution in [0.5, 0.6) is 11.5 Å². The molecule has 0 saturated carbocycles. The quantitative estimate of drug-likeness (QED) is 0.691. The Bertz CT molecular complexity index is 700. The second kappa shape index (κ2) is 7.77. The molecule has 22 heavy (non-hydrogen) atoms. The van der Waals surface area contributed by atoms with Gasteiger partial charge in [-0.15, -0.1) is 12.4 Å². The van der Waals surface area contributed by atoms with Crippen molar-refractivity contribution in [1.29, 1.82) is 0 Å². The minimum Gasteiger partial charge on any atom is -0.427 e. The van der Waals surface area contributed by atoms with E-state index in [1.54, 1.807) is 6.07 Å². The number of esters is 2. The van der Waals surface area contributed by atoms with E-state index in [0.717, 1.165) is 22.8 Å². The first-order valence-electron chi connectivity index (χ1n) is 6.63. The molecule has 0 atom stereocenters. The van der Waals surface area contributed by atoms with Crippen LogP contribution in [0.2, 0.25) is 0 Å². The standard InChI is InChI=1S/C16H17NO4.ClH/c1-10(18)20-14-8-13-4-3-12(5-6-17)7-15(13)16(9-14)21-11(2)19;/h3-4,7-9H,5-6,17H2,1-2H3;1H. The molecule has 0 aliphatic heterocycles. The van der Waals surface area contributed by atoms with Gasteiger partial charge in [-0.3, -0.25) is 9.59 Å². The lowest BCUT2D eigenvalue weighted by Gasteiger charge is -2.11. The molecule has 0 saturated heterocycles. The van der Waals surface area contributed by atoms with Crippen molar-refractivity contribution in [2.75, 3.05) is 6.54 Å². The Labute approximate surface area is 134 Å². The summed E-state index contributed by atoms with van der Waals surface area (Å²) in [6.45, 7) is 3.19. The van der Waals surface area contributed by atoms with Crippen LogP contribution in [0.15, 0.2) is 30.3 Å². The molecule has 0 heterocycles. The van der Waals surface area contributed by atoms with E-state index in [1.165, 1.54) is 19.9 Å². The van der Waals surface area contributed by atoms with Crippen molar-refractivity contribution in [3.8, 4) is 11.5 Å². The number of ether oxygens (including phenoxy) is 2. The molecule has 0 amide bonds. The van der Waals surface area contributed by atoms with Gasteiger partial charge in [0, 0.05) is 25.3 Å². The Kier molecular flexibility index (Phi) is 6.34. The predicted octanol–water partition coefficient (Wildman–Crippen LogP) is 2.61. The first-order valence-corrected chi connectivity index (χ1v) is 6.63. The van der Waals surface area contributed by atoms with Crippen molar-refractivity contribution in [2.24, 2.45) is 5.73 Å². The van der Waals surface area contributed by atoms with Crippen LogP contribution in [0.25, 0.3) is 10.8 Å². The normalized spacial score (nSPS) is 9.95. The van der Waals surface area contributed by atoms with Crippen LogP contribution >= 0.6 is 12.4 Å². The van der Waals surface area contributed by atoms with Crippen molar-refractivity contribution in [3.63, 3.8) is 0 Å². The molecule has 0 bridgehead atoms. The summed E-state index contributed by atoms with van der Waals surface area (Å²) in [5.41, 5.74) is 6.61. The zero-order chi connectivity index (χ0) is 15.4. The second-order valence-electron chi connectivity index (χ2n) is 4.70. The summed E-state index contributed by atoms with van der Waals surface area (Å²) in [5.74, 6) is -0.142. The van der Waals surface area contributed by atoms with Gasteiger partial charge in [-0.05, 0) is 36.0 Å². The number of hydrogen-bond donors (Lipinski definition) is 1. The molecule has 2 rings (SSSR count). The molecular formula is C16H18ClNO4. The van der Waals surface area contributed by atoms with E-state index in [4.69, 9.17) is 15.2 Å². The monoisotopic (exact) mass is 323 g/mol. The Morgan fingerprint density at radius 2 is 1.73 bits per heavy atom. The van der Waals surface area contributed by atoms with E-state index in [-0.39, 0.29) is 12.4 Å². The fourth-order valence-corrected chi connectivity index (χ4v) is 2.13. The fourth-order valence-electron chi connectivity index (χ4n) is 2.13. The maximum absolute atomic E-state index is 11.3. The van der Waals surface area contributed by atoms with Crippen molar-refractivity contribution in [3.05, 3.63) is 35.9 Å². The van der Waals surface area contributed by atoms with Gasteiger partial charge in [-0.1, -0.05) is 12.1 Å². The van der Waals surface area contributed by atoms with Crippen LogP contribution in [-0.4, -0.2) is 18.5 Å². The SMILES string of the molecule is CC(=O)Oc1cc(OC(C)=O)c2cc(CCN)ccc2c1.Cl. The maximum atomic E-state index is 11.3. The third kappa shape index (κ3) is 4.44.